The summed E-state index contributed by atoms with van der Waals surface area (Å²) in [6.45, 7) is 1.94. The number of benzene rings is 4. The van der Waals surface area contributed by atoms with Crippen molar-refractivity contribution in [3.63, 3.8) is 0 Å². The summed E-state index contributed by atoms with van der Waals surface area (Å²) in [6.07, 6.45) is 0.225. The Morgan fingerprint density at radius 2 is 1.38 bits per heavy atom. The minimum absolute atomic E-state index is 0.157. The molecular weight excluding hydrogens is 420 g/mol. The number of hydrogen-bond acceptors (Lipinski definition) is 3. The highest BCUT2D eigenvalue weighted by Crippen LogP contribution is 2.26. The third-order valence-electron chi connectivity index (χ3n) is 5.33. The van der Waals surface area contributed by atoms with E-state index in [1.807, 2.05) is 73.7 Å². The van der Waals surface area contributed by atoms with Crippen molar-refractivity contribution in [3.05, 3.63) is 108 Å². The number of hydrogen-bond donors (Lipinski definition) is 2. The Morgan fingerprint density at radius 3 is 2.06 bits per heavy atom. The molecule has 0 aliphatic carbocycles. The van der Waals surface area contributed by atoms with Gasteiger partial charge in [-0.3, -0.25) is 4.79 Å². The predicted molar refractivity (Wildman–Crippen MR) is 128 cm³/mol. The van der Waals surface area contributed by atoms with Crippen LogP contribution in [0.25, 0.3) is 10.8 Å². The molecule has 4 aromatic rings. The van der Waals surface area contributed by atoms with E-state index in [1.54, 1.807) is 30.3 Å². The Morgan fingerprint density at radius 1 is 0.781 bits per heavy atom. The van der Waals surface area contributed by atoms with Crippen molar-refractivity contribution in [2.45, 2.75) is 24.3 Å². The Kier molecular flexibility index (Phi) is 6.35. The number of anilines is 1. The molecule has 0 saturated carbocycles. The summed E-state index contributed by atoms with van der Waals surface area (Å²) in [4.78, 5) is 13.3. The van der Waals surface area contributed by atoms with Gasteiger partial charge in [-0.15, -0.1) is 0 Å². The van der Waals surface area contributed by atoms with Crippen LogP contribution in [0.4, 0.5) is 5.69 Å². The van der Waals surface area contributed by atoms with Gasteiger partial charge in [0.05, 0.1) is 4.90 Å². The molecule has 0 spiro atoms. The van der Waals surface area contributed by atoms with Crippen molar-refractivity contribution in [1.82, 2.24) is 4.72 Å². The van der Waals surface area contributed by atoms with Gasteiger partial charge >= 0.3 is 0 Å². The Labute approximate surface area is 188 Å². The second-order valence-electron chi connectivity index (χ2n) is 7.65. The molecule has 32 heavy (non-hydrogen) atoms. The Bertz CT molecular complexity index is 1340. The zero-order valence-electron chi connectivity index (χ0n) is 17.7. The first-order chi connectivity index (χ1) is 15.4. The van der Waals surface area contributed by atoms with Crippen LogP contribution in [-0.2, 0) is 21.2 Å². The monoisotopic (exact) mass is 444 g/mol. The number of para-hydroxylation sites is 1. The molecule has 0 bridgehead atoms. The minimum Gasteiger partial charge on any atom is -0.325 e. The van der Waals surface area contributed by atoms with E-state index in [0.29, 0.717) is 11.1 Å². The van der Waals surface area contributed by atoms with Crippen molar-refractivity contribution >= 4 is 32.4 Å². The van der Waals surface area contributed by atoms with Crippen molar-refractivity contribution in [3.8, 4) is 0 Å². The number of carbonyl (C=O) groups is 1. The maximum atomic E-state index is 13.4. The summed E-state index contributed by atoms with van der Waals surface area (Å²) in [6, 6.07) is 28.1. The molecule has 0 aliphatic heterocycles. The van der Waals surface area contributed by atoms with Crippen LogP contribution in [0, 0.1) is 6.92 Å². The first kappa shape index (κ1) is 21.7. The first-order valence-corrected chi connectivity index (χ1v) is 11.8. The summed E-state index contributed by atoms with van der Waals surface area (Å²) in [7, 11) is -3.97. The van der Waals surface area contributed by atoms with Crippen molar-refractivity contribution in [2.24, 2.45) is 0 Å². The van der Waals surface area contributed by atoms with Crippen LogP contribution in [0.15, 0.2) is 102 Å². The van der Waals surface area contributed by atoms with Crippen LogP contribution in [0.1, 0.15) is 11.1 Å². The van der Waals surface area contributed by atoms with Gasteiger partial charge < -0.3 is 5.32 Å². The molecule has 1 amide bonds. The molecule has 162 valence electrons. The van der Waals surface area contributed by atoms with Crippen LogP contribution in [0.5, 0.6) is 0 Å². The molecule has 0 radical (unpaired) electrons. The molecule has 0 heterocycles. The number of fused-ring (bicyclic) bond motifs is 1. The van der Waals surface area contributed by atoms with Gasteiger partial charge in [-0.05, 0) is 48.1 Å². The second-order valence-corrected chi connectivity index (χ2v) is 9.33. The first-order valence-electron chi connectivity index (χ1n) is 10.3. The van der Waals surface area contributed by atoms with Crippen LogP contribution in [0.3, 0.4) is 0 Å². The van der Waals surface area contributed by atoms with E-state index in [1.165, 1.54) is 0 Å². The lowest BCUT2D eigenvalue weighted by molar-refractivity contribution is -0.117. The van der Waals surface area contributed by atoms with E-state index in [-0.39, 0.29) is 11.3 Å². The summed E-state index contributed by atoms with van der Waals surface area (Å²) in [5, 5.41) is 4.31. The summed E-state index contributed by atoms with van der Waals surface area (Å²) in [5.74, 6) is -0.417. The normalized spacial score (nSPS) is 12.4. The maximum Gasteiger partial charge on any atom is 0.242 e. The van der Waals surface area contributed by atoms with Gasteiger partial charge in [0.2, 0.25) is 15.9 Å². The number of amides is 1. The van der Waals surface area contributed by atoms with E-state index in [9.17, 15) is 13.2 Å². The molecule has 2 N–H and O–H groups in total. The molecule has 6 heteroatoms. The molecular formula is C26H24N2O3S. The molecule has 5 nitrogen and oxygen atoms in total. The zero-order valence-corrected chi connectivity index (χ0v) is 18.5. The molecule has 1 atom stereocenters. The van der Waals surface area contributed by atoms with Gasteiger partial charge in [-0.1, -0.05) is 78.9 Å². The SMILES string of the molecule is Cc1ccc(S(=O)(=O)N[C@H](Cc2ccccc2)C(=O)Nc2ccccc2)c2ccccc12. The Balaban J connectivity index is 1.68. The van der Waals surface area contributed by atoms with Gasteiger partial charge in [-0.2, -0.15) is 4.72 Å². The minimum atomic E-state index is -3.97. The number of carbonyl (C=O) groups excluding carboxylic acids is 1. The maximum absolute atomic E-state index is 13.4. The van der Waals surface area contributed by atoms with Gasteiger partial charge in [0.15, 0.2) is 0 Å². The van der Waals surface area contributed by atoms with Crippen molar-refractivity contribution in [1.29, 1.82) is 0 Å². The molecule has 0 aliphatic rings. The highest BCUT2D eigenvalue weighted by Gasteiger charge is 2.27. The average Bonchev–Trinajstić information content (AvgIpc) is 2.80. The fourth-order valence-electron chi connectivity index (χ4n) is 3.70. The van der Waals surface area contributed by atoms with Gasteiger partial charge in [0.1, 0.15) is 6.04 Å². The molecule has 0 saturated heterocycles. The van der Waals surface area contributed by atoms with E-state index in [4.69, 9.17) is 0 Å². The smallest absolute Gasteiger partial charge is 0.242 e. The van der Waals surface area contributed by atoms with Gasteiger partial charge in [-0.25, -0.2) is 8.42 Å². The summed E-state index contributed by atoms with van der Waals surface area (Å²) >= 11 is 0. The summed E-state index contributed by atoms with van der Waals surface area (Å²) < 4.78 is 29.5. The molecule has 4 rings (SSSR count). The third-order valence-corrected chi connectivity index (χ3v) is 6.86. The van der Waals surface area contributed by atoms with Gasteiger partial charge in [0, 0.05) is 11.1 Å². The standard InChI is InChI=1S/C26H24N2O3S/c1-19-16-17-25(23-15-9-8-14-22(19)23)32(30,31)28-24(18-20-10-4-2-5-11-20)26(29)27-21-12-6-3-7-13-21/h2-17,24,28H,18H2,1H3,(H,27,29)/t24-/m1/s1. The molecule has 0 unspecified atom stereocenters. The highest BCUT2D eigenvalue weighted by atomic mass is 32.2. The number of aryl methyl sites for hydroxylation is 1. The van der Waals surface area contributed by atoms with Crippen molar-refractivity contribution < 1.29 is 13.2 Å². The predicted octanol–water partition coefficient (Wildman–Crippen LogP) is 4.68. The lowest BCUT2D eigenvalue weighted by Gasteiger charge is -2.20. The lowest BCUT2D eigenvalue weighted by atomic mass is 10.1. The average molecular weight is 445 g/mol. The summed E-state index contributed by atoms with van der Waals surface area (Å²) in [5.41, 5.74) is 2.45. The molecule has 4 aromatic carbocycles. The number of sulfonamides is 1. The quantitative estimate of drug-likeness (QED) is 0.435. The van der Waals surface area contributed by atoms with E-state index in [0.717, 1.165) is 16.5 Å². The third kappa shape index (κ3) is 4.88. The second kappa shape index (κ2) is 9.34. The number of nitrogens with one attached hydrogen (secondary N) is 2. The fourth-order valence-corrected chi connectivity index (χ4v) is 5.10. The van der Waals surface area contributed by atoms with Gasteiger partial charge in [0.25, 0.3) is 0 Å². The van der Waals surface area contributed by atoms with Crippen LogP contribution in [-0.4, -0.2) is 20.4 Å². The fraction of sp³-hybridized carbons (Fsp3) is 0.115. The molecule has 0 fully saturated rings. The van der Waals surface area contributed by atoms with Crippen LogP contribution < -0.4 is 10.0 Å². The van der Waals surface area contributed by atoms with E-state index < -0.39 is 22.0 Å². The largest absolute Gasteiger partial charge is 0.325 e. The lowest BCUT2D eigenvalue weighted by Crippen LogP contribution is -2.45. The van der Waals surface area contributed by atoms with Crippen LogP contribution in [0.2, 0.25) is 0 Å². The van der Waals surface area contributed by atoms with Crippen molar-refractivity contribution in [2.75, 3.05) is 5.32 Å². The molecule has 0 aromatic heterocycles. The highest BCUT2D eigenvalue weighted by molar-refractivity contribution is 7.89. The number of rotatable bonds is 7. The van der Waals surface area contributed by atoms with Crippen LogP contribution >= 0.6 is 0 Å². The topological polar surface area (TPSA) is 75.3 Å². The van der Waals surface area contributed by atoms with E-state index in [2.05, 4.69) is 10.0 Å². The van der Waals surface area contributed by atoms with E-state index >= 15 is 0 Å². The zero-order chi connectivity index (χ0) is 22.6. The Hall–Kier alpha value is -3.48.